The van der Waals surface area contributed by atoms with Crippen LogP contribution >= 0.6 is 11.6 Å². The van der Waals surface area contributed by atoms with Crippen LogP contribution in [-0.4, -0.2) is 38.4 Å². The molecule has 3 rings (SSSR count). The lowest BCUT2D eigenvalue weighted by atomic mass is 10.0. The Morgan fingerprint density at radius 2 is 1.77 bits per heavy atom. The number of aliphatic hydroxyl groups excluding tert-OH is 1. The third-order valence-corrected chi connectivity index (χ3v) is 5.29. The predicted octanol–water partition coefficient (Wildman–Crippen LogP) is 4.67. The number of methoxy groups -OCH3 is 2. The molecule has 0 fully saturated rings. The molecule has 0 aliphatic carbocycles. The van der Waals surface area contributed by atoms with Gasteiger partial charge in [0.05, 0.1) is 20.3 Å². The SMILES string of the molecule is COC(=O)c1ccc(-c2ccc(CCNC[C@H](O)c3cccc(Cl)c3)cc2)cc1OC. The van der Waals surface area contributed by atoms with Gasteiger partial charge >= 0.3 is 5.97 Å². The fraction of sp³-hybridized carbons (Fsp3) is 0.240. The summed E-state index contributed by atoms with van der Waals surface area (Å²) in [4.78, 5) is 11.8. The smallest absolute Gasteiger partial charge is 0.341 e. The minimum atomic E-state index is -0.594. The number of hydrogen-bond acceptors (Lipinski definition) is 5. The summed E-state index contributed by atoms with van der Waals surface area (Å²) in [5, 5.41) is 14.2. The molecule has 0 spiro atoms. The van der Waals surface area contributed by atoms with Crippen molar-refractivity contribution in [3.05, 3.63) is 88.4 Å². The van der Waals surface area contributed by atoms with Crippen LogP contribution < -0.4 is 10.1 Å². The second kappa shape index (κ2) is 11.0. The summed E-state index contributed by atoms with van der Waals surface area (Å²) in [6, 6.07) is 20.9. The maximum Gasteiger partial charge on any atom is 0.341 e. The molecular weight excluding hydrogens is 414 g/mol. The van der Waals surface area contributed by atoms with Gasteiger partial charge in [-0.05, 0) is 59.5 Å². The third kappa shape index (κ3) is 6.07. The Hall–Kier alpha value is -2.86. The van der Waals surface area contributed by atoms with Crippen molar-refractivity contribution in [1.29, 1.82) is 0 Å². The van der Waals surface area contributed by atoms with Crippen molar-refractivity contribution >= 4 is 17.6 Å². The van der Waals surface area contributed by atoms with E-state index in [0.29, 0.717) is 22.9 Å². The first kappa shape index (κ1) is 22.8. The summed E-state index contributed by atoms with van der Waals surface area (Å²) < 4.78 is 10.1. The highest BCUT2D eigenvalue weighted by atomic mass is 35.5. The zero-order valence-corrected chi connectivity index (χ0v) is 18.4. The number of nitrogens with one attached hydrogen (secondary N) is 1. The molecule has 0 amide bonds. The molecule has 3 aromatic carbocycles. The molecule has 2 N–H and O–H groups in total. The minimum absolute atomic E-state index is 0.399. The molecule has 0 radical (unpaired) electrons. The zero-order valence-electron chi connectivity index (χ0n) is 17.6. The van der Waals surface area contributed by atoms with E-state index in [9.17, 15) is 9.90 Å². The number of benzene rings is 3. The van der Waals surface area contributed by atoms with Crippen molar-refractivity contribution in [2.24, 2.45) is 0 Å². The Balaban J connectivity index is 1.55. The van der Waals surface area contributed by atoms with E-state index in [0.717, 1.165) is 29.7 Å². The number of esters is 1. The average molecular weight is 440 g/mol. The predicted molar refractivity (Wildman–Crippen MR) is 123 cm³/mol. The lowest BCUT2D eigenvalue weighted by molar-refractivity contribution is 0.0597. The molecule has 0 aliphatic heterocycles. The maximum absolute atomic E-state index is 11.8. The van der Waals surface area contributed by atoms with Gasteiger partial charge < -0.3 is 19.9 Å². The Labute approximate surface area is 187 Å². The second-order valence-corrected chi connectivity index (χ2v) is 7.56. The maximum atomic E-state index is 11.8. The van der Waals surface area contributed by atoms with E-state index in [1.807, 2.05) is 36.4 Å². The van der Waals surface area contributed by atoms with Crippen LogP contribution in [0, 0.1) is 0 Å². The van der Waals surface area contributed by atoms with E-state index in [1.165, 1.54) is 19.8 Å². The van der Waals surface area contributed by atoms with Crippen molar-refractivity contribution < 1.29 is 19.4 Å². The van der Waals surface area contributed by atoms with E-state index in [-0.39, 0.29) is 0 Å². The van der Waals surface area contributed by atoms with Gasteiger partial charge in [0.1, 0.15) is 11.3 Å². The van der Waals surface area contributed by atoms with Gasteiger partial charge in [-0.15, -0.1) is 0 Å². The number of halogens is 1. The molecule has 0 aliphatic rings. The van der Waals surface area contributed by atoms with Crippen molar-refractivity contribution in [3.63, 3.8) is 0 Å². The largest absolute Gasteiger partial charge is 0.496 e. The third-order valence-electron chi connectivity index (χ3n) is 5.06. The van der Waals surface area contributed by atoms with Crippen LogP contribution in [-0.2, 0) is 11.2 Å². The van der Waals surface area contributed by atoms with Gasteiger partial charge in [0.2, 0.25) is 0 Å². The van der Waals surface area contributed by atoms with Crippen LogP contribution in [0.25, 0.3) is 11.1 Å². The van der Waals surface area contributed by atoms with Crippen molar-refractivity contribution in [3.8, 4) is 16.9 Å². The fourth-order valence-corrected chi connectivity index (χ4v) is 3.52. The Morgan fingerprint density at radius 3 is 2.45 bits per heavy atom. The van der Waals surface area contributed by atoms with Crippen molar-refractivity contribution in [2.45, 2.75) is 12.5 Å². The molecule has 5 nitrogen and oxygen atoms in total. The topological polar surface area (TPSA) is 67.8 Å². The molecule has 0 heterocycles. The summed E-state index contributed by atoms with van der Waals surface area (Å²) in [5.41, 5.74) is 4.38. The van der Waals surface area contributed by atoms with Crippen LogP contribution in [0.1, 0.15) is 27.6 Å². The van der Waals surface area contributed by atoms with Crippen molar-refractivity contribution in [2.75, 3.05) is 27.3 Å². The molecule has 162 valence electrons. The summed E-state index contributed by atoms with van der Waals surface area (Å²) >= 11 is 5.97. The van der Waals surface area contributed by atoms with E-state index < -0.39 is 12.1 Å². The van der Waals surface area contributed by atoms with E-state index >= 15 is 0 Å². The average Bonchev–Trinajstić information content (AvgIpc) is 2.81. The normalized spacial score (nSPS) is 11.7. The summed E-state index contributed by atoms with van der Waals surface area (Å²) in [7, 11) is 2.88. The highest BCUT2D eigenvalue weighted by Gasteiger charge is 2.13. The molecule has 0 unspecified atom stereocenters. The van der Waals surface area contributed by atoms with E-state index in [1.54, 1.807) is 18.2 Å². The van der Waals surface area contributed by atoms with Gasteiger partial charge in [-0.2, -0.15) is 0 Å². The summed E-state index contributed by atoms with van der Waals surface area (Å²) in [5.74, 6) is 0.0580. The first-order chi connectivity index (χ1) is 15.0. The lowest BCUT2D eigenvalue weighted by Crippen LogP contribution is -2.23. The van der Waals surface area contributed by atoms with Crippen LogP contribution in [0.2, 0.25) is 5.02 Å². The fourth-order valence-electron chi connectivity index (χ4n) is 3.32. The number of rotatable bonds is 9. The van der Waals surface area contributed by atoms with Gasteiger partial charge in [0.25, 0.3) is 0 Å². The van der Waals surface area contributed by atoms with E-state index in [2.05, 4.69) is 17.4 Å². The highest BCUT2D eigenvalue weighted by molar-refractivity contribution is 6.30. The number of ether oxygens (including phenoxy) is 2. The number of aliphatic hydroxyl groups is 1. The van der Waals surface area contributed by atoms with E-state index in [4.69, 9.17) is 21.1 Å². The minimum Gasteiger partial charge on any atom is -0.496 e. The first-order valence-electron chi connectivity index (χ1n) is 10.0. The monoisotopic (exact) mass is 439 g/mol. The molecule has 0 saturated heterocycles. The molecule has 1 atom stereocenters. The van der Waals surface area contributed by atoms with Crippen LogP contribution in [0.3, 0.4) is 0 Å². The van der Waals surface area contributed by atoms with Gasteiger partial charge in [0, 0.05) is 11.6 Å². The molecule has 0 aromatic heterocycles. The van der Waals surface area contributed by atoms with Crippen molar-refractivity contribution in [1.82, 2.24) is 5.32 Å². The first-order valence-corrected chi connectivity index (χ1v) is 10.4. The van der Waals surface area contributed by atoms with Crippen LogP contribution in [0.5, 0.6) is 5.75 Å². The standard InChI is InChI=1S/C25H26ClNO4/c1-30-24-15-19(10-11-22(24)25(29)31-2)18-8-6-17(7-9-18)12-13-27-16-23(28)20-4-3-5-21(26)14-20/h3-11,14-15,23,27-28H,12-13,16H2,1-2H3/t23-/m0/s1. The molecule has 31 heavy (non-hydrogen) atoms. The number of carbonyl (C=O) groups is 1. The molecule has 3 aromatic rings. The molecule has 0 saturated carbocycles. The molecule has 6 heteroatoms. The zero-order chi connectivity index (χ0) is 22.2. The van der Waals surface area contributed by atoms with Gasteiger partial charge in [-0.3, -0.25) is 0 Å². The Bertz CT molecular complexity index is 1020. The van der Waals surface area contributed by atoms with Gasteiger partial charge in [-0.25, -0.2) is 4.79 Å². The van der Waals surface area contributed by atoms with Gasteiger partial charge in [0.15, 0.2) is 0 Å². The summed E-state index contributed by atoms with van der Waals surface area (Å²) in [6.45, 7) is 1.21. The Morgan fingerprint density at radius 1 is 1.03 bits per heavy atom. The number of carbonyl (C=O) groups excluding carboxylic acids is 1. The van der Waals surface area contributed by atoms with Gasteiger partial charge in [-0.1, -0.05) is 54.1 Å². The highest BCUT2D eigenvalue weighted by Crippen LogP contribution is 2.28. The summed E-state index contributed by atoms with van der Waals surface area (Å²) in [6.07, 6.45) is 0.247. The lowest BCUT2D eigenvalue weighted by Gasteiger charge is -2.13. The second-order valence-electron chi connectivity index (χ2n) is 7.13. The number of hydrogen-bond donors (Lipinski definition) is 2. The quantitative estimate of drug-likeness (QED) is 0.374. The molecular formula is C25H26ClNO4. The molecule has 0 bridgehead atoms. The Kier molecular flexibility index (Phi) is 8.06. The van der Waals surface area contributed by atoms with Crippen LogP contribution in [0.15, 0.2) is 66.7 Å². The van der Waals surface area contributed by atoms with Crippen LogP contribution in [0.4, 0.5) is 0 Å².